The van der Waals surface area contributed by atoms with Gasteiger partial charge >= 0.3 is 0 Å². The quantitative estimate of drug-likeness (QED) is 0.649. The van der Waals surface area contributed by atoms with Gasteiger partial charge in [-0.1, -0.05) is 6.08 Å². The van der Waals surface area contributed by atoms with E-state index in [4.69, 9.17) is 9.84 Å². The number of aliphatic hydroxyl groups excluding tert-OH is 1. The maximum absolute atomic E-state index is 8.89. The molecule has 1 atom stereocenters. The van der Waals surface area contributed by atoms with Crippen molar-refractivity contribution in [2.45, 2.75) is 32.8 Å². The Balaban J connectivity index is 2.67. The monoisotopic (exact) mass is 168 g/mol. The van der Waals surface area contributed by atoms with Crippen molar-refractivity contribution < 1.29 is 9.84 Å². The summed E-state index contributed by atoms with van der Waals surface area (Å²) in [7, 11) is 0. The molecule has 68 valence electrons. The molecular weight excluding hydrogens is 152 g/mol. The molecule has 1 saturated heterocycles. The Kier molecular flexibility index (Phi) is 3.35. The van der Waals surface area contributed by atoms with E-state index in [1.807, 2.05) is 19.9 Å². The zero-order valence-corrected chi connectivity index (χ0v) is 7.71. The van der Waals surface area contributed by atoms with Crippen LogP contribution in [0.1, 0.15) is 26.7 Å². The second-order valence-corrected chi connectivity index (χ2v) is 2.93. The zero-order chi connectivity index (χ0) is 8.97. The lowest BCUT2D eigenvalue weighted by atomic mass is 10.0. The van der Waals surface area contributed by atoms with Gasteiger partial charge in [0.05, 0.1) is 6.61 Å². The minimum atomic E-state index is -0.0000926. The maximum Gasteiger partial charge on any atom is 0.122 e. The largest absolute Gasteiger partial charge is 0.488 e. The van der Waals surface area contributed by atoms with Crippen molar-refractivity contribution in [1.29, 1.82) is 0 Å². The van der Waals surface area contributed by atoms with Crippen LogP contribution in [0, 0.1) is 0 Å². The van der Waals surface area contributed by atoms with E-state index < -0.39 is 0 Å². The molecule has 1 fully saturated rings. The van der Waals surface area contributed by atoms with Crippen LogP contribution in [0.4, 0.5) is 0 Å². The SMILES string of the molecule is C/C=C1/CC[C@H](CO)O/C1=C/C. The lowest BCUT2D eigenvalue weighted by Gasteiger charge is -2.26. The zero-order valence-electron chi connectivity index (χ0n) is 7.71. The number of aliphatic hydroxyl groups is 1. The second kappa shape index (κ2) is 4.31. The molecule has 0 radical (unpaired) electrons. The molecule has 2 nitrogen and oxygen atoms in total. The Morgan fingerprint density at radius 3 is 2.75 bits per heavy atom. The Hall–Kier alpha value is -0.760. The van der Waals surface area contributed by atoms with E-state index in [1.165, 1.54) is 5.57 Å². The van der Waals surface area contributed by atoms with Crippen molar-refractivity contribution in [2.75, 3.05) is 6.61 Å². The average molecular weight is 168 g/mol. The normalized spacial score (nSPS) is 30.8. The van der Waals surface area contributed by atoms with Crippen LogP contribution < -0.4 is 0 Å². The van der Waals surface area contributed by atoms with E-state index in [2.05, 4.69) is 6.08 Å². The van der Waals surface area contributed by atoms with Gasteiger partial charge < -0.3 is 9.84 Å². The molecule has 0 aromatic heterocycles. The minimum Gasteiger partial charge on any atom is -0.488 e. The highest BCUT2D eigenvalue weighted by molar-refractivity contribution is 5.26. The van der Waals surface area contributed by atoms with Gasteiger partial charge in [0, 0.05) is 0 Å². The third kappa shape index (κ3) is 1.89. The maximum atomic E-state index is 8.89. The Morgan fingerprint density at radius 2 is 2.25 bits per heavy atom. The van der Waals surface area contributed by atoms with Gasteiger partial charge in [0.25, 0.3) is 0 Å². The van der Waals surface area contributed by atoms with Crippen LogP contribution in [0.5, 0.6) is 0 Å². The van der Waals surface area contributed by atoms with Gasteiger partial charge in [0.1, 0.15) is 11.9 Å². The Morgan fingerprint density at radius 1 is 1.50 bits per heavy atom. The second-order valence-electron chi connectivity index (χ2n) is 2.93. The van der Waals surface area contributed by atoms with E-state index >= 15 is 0 Å². The smallest absolute Gasteiger partial charge is 0.122 e. The number of allylic oxidation sites excluding steroid dienone is 3. The van der Waals surface area contributed by atoms with Crippen molar-refractivity contribution >= 4 is 0 Å². The molecule has 1 aliphatic heterocycles. The molecule has 1 rings (SSSR count). The molecule has 0 aliphatic carbocycles. The van der Waals surface area contributed by atoms with Crippen molar-refractivity contribution in [3.05, 3.63) is 23.5 Å². The van der Waals surface area contributed by atoms with Crippen LogP contribution in [0.15, 0.2) is 23.5 Å². The number of hydrogen-bond acceptors (Lipinski definition) is 2. The topological polar surface area (TPSA) is 29.5 Å². The van der Waals surface area contributed by atoms with Crippen molar-refractivity contribution in [2.24, 2.45) is 0 Å². The molecule has 12 heavy (non-hydrogen) atoms. The van der Waals surface area contributed by atoms with Crippen LogP contribution in [0.25, 0.3) is 0 Å². The Labute approximate surface area is 73.5 Å². The fraction of sp³-hybridized carbons (Fsp3) is 0.600. The molecule has 0 bridgehead atoms. The molecule has 2 heteroatoms. The van der Waals surface area contributed by atoms with Crippen LogP contribution in [-0.2, 0) is 4.74 Å². The fourth-order valence-corrected chi connectivity index (χ4v) is 1.42. The molecule has 0 spiro atoms. The number of rotatable bonds is 1. The minimum absolute atomic E-state index is 0.0000926. The first-order chi connectivity index (χ1) is 5.81. The number of ether oxygens (including phenoxy) is 1. The Bertz CT molecular complexity index is 204. The summed E-state index contributed by atoms with van der Waals surface area (Å²) in [6.45, 7) is 4.09. The highest BCUT2D eigenvalue weighted by Gasteiger charge is 2.19. The van der Waals surface area contributed by atoms with Gasteiger partial charge in [-0.2, -0.15) is 0 Å². The molecule has 0 amide bonds. The van der Waals surface area contributed by atoms with E-state index in [1.54, 1.807) is 0 Å². The van der Waals surface area contributed by atoms with Crippen LogP contribution in [0.2, 0.25) is 0 Å². The van der Waals surface area contributed by atoms with Gasteiger partial charge in [-0.25, -0.2) is 0 Å². The van der Waals surface area contributed by atoms with E-state index in [9.17, 15) is 0 Å². The van der Waals surface area contributed by atoms with Crippen molar-refractivity contribution in [1.82, 2.24) is 0 Å². The predicted molar refractivity (Wildman–Crippen MR) is 48.7 cm³/mol. The van der Waals surface area contributed by atoms with Crippen LogP contribution in [0.3, 0.4) is 0 Å². The van der Waals surface area contributed by atoms with E-state index in [0.29, 0.717) is 0 Å². The van der Waals surface area contributed by atoms with Crippen LogP contribution >= 0.6 is 0 Å². The summed E-state index contributed by atoms with van der Waals surface area (Å²) in [6, 6.07) is 0. The molecule has 0 saturated carbocycles. The molecular formula is C10H16O2. The standard InChI is InChI=1S/C10H16O2/c1-3-8-5-6-9(7-11)12-10(8)4-2/h3-4,9,11H,5-7H2,1-2H3/b8-3-,10-4+/t9-/m1/s1. The molecule has 0 aromatic carbocycles. The first-order valence-corrected chi connectivity index (χ1v) is 4.41. The van der Waals surface area contributed by atoms with Gasteiger partial charge in [-0.15, -0.1) is 0 Å². The molecule has 0 unspecified atom stereocenters. The first-order valence-electron chi connectivity index (χ1n) is 4.41. The third-order valence-electron chi connectivity index (χ3n) is 2.16. The highest BCUT2D eigenvalue weighted by atomic mass is 16.5. The molecule has 0 aromatic rings. The van der Waals surface area contributed by atoms with Gasteiger partial charge in [-0.05, 0) is 38.3 Å². The predicted octanol–water partition coefficient (Wildman–Crippen LogP) is 2.01. The average Bonchev–Trinajstić information content (AvgIpc) is 2.16. The third-order valence-corrected chi connectivity index (χ3v) is 2.16. The highest BCUT2D eigenvalue weighted by Crippen LogP contribution is 2.26. The molecule has 1 N–H and O–H groups in total. The van der Waals surface area contributed by atoms with Gasteiger partial charge in [0.15, 0.2) is 0 Å². The summed E-state index contributed by atoms with van der Waals surface area (Å²) >= 11 is 0. The summed E-state index contributed by atoms with van der Waals surface area (Å²) < 4.78 is 5.53. The summed E-state index contributed by atoms with van der Waals surface area (Å²) in [5.74, 6) is 0.933. The van der Waals surface area contributed by atoms with Crippen molar-refractivity contribution in [3.8, 4) is 0 Å². The summed E-state index contributed by atoms with van der Waals surface area (Å²) in [6.07, 6.45) is 5.97. The summed E-state index contributed by atoms with van der Waals surface area (Å²) in [5, 5.41) is 8.89. The van der Waals surface area contributed by atoms with Gasteiger partial charge in [0.2, 0.25) is 0 Å². The molecule has 1 aliphatic rings. The lowest BCUT2D eigenvalue weighted by molar-refractivity contribution is 0.0429. The lowest BCUT2D eigenvalue weighted by Crippen LogP contribution is -2.22. The van der Waals surface area contributed by atoms with Crippen LogP contribution in [-0.4, -0.2) is 17.8 Å². The van der Waals surface area contributed by atoms with E-state index in [0.717, 1.165) is 18.6 Å². The van der Waals surface area contributed by atoms with Crippen molar-refractivity contribution in [3.63, 3.8) is 0 Å². The molecule has 1 heterocycles. The summed E-state index contributed by atoms with van der Waals surface area (Å²) in [5.41, 5.74) is 1.25. The fourth-order valence-electron chi connectivity index (χ4n) is 1.42. The first kappa shape index (κ1) is 9.33. The summed E-state index contributed by atoms with van der Waals surface area (Å²) in [4.78, 5) is 0. The van der Waals surface area contributed by atoms with Gasteiger partial charge in [-0.3, -0.25) is 0 Å². The van der Waals surface area contributed by atoms with E-state index in [-0.39, 0.29) is 12.7 Å². The number of hydrogen-bond donors (Lipinski definition) is 1.